The molecule has 1 rings (SSSR count). The molecular formula is C16H23NO4. The third-order valence-corrected chi connectivity index (χ3v) is 2.97. The lowest BCUT2D eigenvalue weighted by molar-refractivity contribution is -0.126. The van der Waals surface area contributed by atoms with Crippen LogP contribution in [0.5, 0.6) is 5.75 Å². The number of hydrogen-bond donors (Lipinski definition) is 1. The molecular weight excluding hydrogens is 270 g/mol. The Kier molecular flexibility index (Phi) is 8.16. The number of amides is 1. The lowest BCUT2D eigenvalue weighted by atomic mass is 10.2. The zero-order chi connectivity index (χ0) is 15.5. The predicted molar refractivity (Wildman–Crippen MR) is 82.2 cm³/mol. The number of aliphatic hydroxyl groups is 1. The van der Waals surface area contributed by atoms with Crippen molar-refractivity contribution in [2.24, 2.45) is 0 Å². The highest BCUT2D eigenvalue weighted by Crippen LogP contribution is 2.13. The van der Waals surface area contributed by atoms with Gasteiger partial charge in [0.15, 0.2) is 0 Å². The molecule has 0 saturated carbocycles. The van der Waals surface area contributed by atoms with Gasteiger partial charge >= 0.3 is 0 Å². The maximum absolute atomic E-state index is 12.1. The fourth-order valence-corrected chi connectivity index (χ4v) is 1.87. The monoisotopic (exact) mass is 293 g/mol. The second-order valence-electron chi connectivity index (χ2n) is 4.51. The van der Waals surface area contributed by atoms with Crippen LogP contribution in [0, 0.1) is 0 Å². The van der Waals surface area contributed by atoms with Crippen molar-refractivity contribution < 1.29 is 19.4 Å². The van der Waals surface area contributed by atoms with Crippen LogP contribution in [0.4, 0.5) is 0 Å². The maximum Gasteiger partial charge on any atom is 0.246 e. The van der Waals surface area contributed by atoms with E-state index in [0.29, 0.717) is 19.7 Å². The van der Waals surface area contributed by atoms with Crippen molar-refractivity contribution in [3.63, 3.8) is 0 Å². The summed E-state index contributed by atoms with van der Waals surface area (Å²) in [6, 6.07) is 7.47. The molecule has 1 aromatic rings. The van der Waals surface area contributed by atoms with Crippen LogP contribution in [0.25, 0.3) is 6.08 Å². The van der Waals surface area contributed by atoms with E-state index < -0.39 is 0 Å². The number of ether oxygens (including phenoxy) is 2. The molecule has 0 heterocycles. The summed E-state index contributed by atoms with van der Waals surface area (Å²) < 4.78 is 10.1. The highest BCUT2D eigenvalue weighted by atomic mass is 16.5. The minimum atomic E-state index is -0.122. The minimum absolute atomic E-state index is 0.0499. The number of carbonyl (C=O) groups excluding carboxylic acids is 1. The number of carbonyl (C=O) groups is 1. The van der Waals surface area contributed by atoms with Crippen LogP contribution < -0.4 is 4.74 Å². The van der Waals surface area contributed by atoms with E-state index in [1.807, 2.05) is 24.3 Å². The van der Waals surface area contributed by atoms with E-state index in [1.165, 1.54) is 6.08 Å². The minimum Gasteiger partial charge on any atom is -0.497 e. The Balaban J connectivity index is 2.63. The molecule has 0 unspecified atom stereocenters. The number of aliphatic hydroxyl groups excluding tert-OH is 1. The van der Waals surface area contributed by atoms with Gasteiger partial charge in [-0.3, -0.25) is 4.79 Å². The number of benzene rings is 1. The summed E-state index contributed by atoms with van der Waals surface area (Å²) in [5, 5.41) is 9.03. The molecule has 21 heavy (non-hydrogen) atoms. The van der Waals surface area contributed by atoms with Crippen LogP contribution in [0.15, 0.2) is 30.3 Å². The van der Waals surface area contributed by atoms with Gasteiger partial charge in [0.05, 0.1) is 13.7 Å². The molecule has 0 aliphatic carbocycles. The van der Waals surface area contributed by atoms with E-state index in [-0.39, 0.29) is 12.5 Å². The van der Waals surface area contributed by atoms with Gasteiger partial charge in [0.1, 0.15) is 5.75 Å². The van der Waals surface area contributed by atoms with Crippen LogP contribution in [0.2, 0.25) is 0 Å². The van der Waals surface area contributed by atoms with Crippen LogP contribution in [-0.2, 0) is 9.53 Å². The van der Waals surface area contributed by atoms with Crippen molar-refractivity contribution in [1.82, 2.24) is 4.90 Å². The average Bonchev–Trinajstić information content (AvgIpc) is 2.52. The summed E-state index contributed by atoms with van der Waals surface area (Å²) in [5.74, 6) is 0.625. The maximum atomic E-state index is 12.1. The van der Waals surface area contributed by atoms with Crippen molar-refractivity contribution in [2.75, 3.05) is 40.5 Å². The van der Waals surface area contributed by atoms with Gasteiger partial charge in [-0.05, 0) is 30.2 Å². The zero-order valence-corrected chi connectivity index (χ0v) is 12.6. The molecule has 0 bridgehead atoms. The lowest BCUT2D eigenvalue weighted by Gasteiger charge is -2.19. The number of methoxy groups -OCH3 is 2. The van der Waals surface area contributed by atoms with Crippen LogP contribution in [-0.4, -0.2) is 56.4 Å². The first-order chi connectivity index (χ1) is 10.2. The van der Waals surface area contributed by atoms with Gasteiger partial charge in [0, 0.05) is 32.9 Å². The van der Waals surface area contributed by atoms with Crippen LogP contribution in [0.3, 0.4) is 0 Å². The Morgan fingerprint density at radius 1 is 1.33 bits per heavy atom. The highest BCUT2D eigenvalue weighted by Gasteiger charge is 2.09. The Bertz CT molecular complexity index is 459. The first-order valence-corrected chi connectivity index (χ1v) is 6.92. The molecule has 0 radical (unpaired) electrons. The second kappa shape index (κ2) is 9.96. The topological polar surface area (TPSA) is 59.0 Å². The Labute approximate surface area is 125 Å². The smallest absolute Gasteiger partial charge is 0.246 e. The Morgan fingerprint density at radius 3 is 2.81 bits per heavy atom. The van der Waals surface area contributed by atoms with E-state index >= 15 is 0 Å². The van der Waals surface area contributed by atoms with Crippen molar-refractivity contribution in [3.8, 4) is 5.75 Å². The Morgan fingerprint density at radius 2 is 2.14 bits per heavy atom. The number of rotatable bonds is 9. The fourth-order valence-electron chi connectivity index (χ4n) is 1.87. The first kappa shape index (κ1) is 17.2. The van der Waals surface area contributed by atoms with Crippen molar-refractivity contribution in [3.05, 3.63) is 35.9 Å². The summed E-state index contributed by atoms with van der Waals surface area (Å²) in [5.41, 5.74) is 0.892. The van der Waals surface area contributed by atoms with Gasteiger partial charge < -0.3 is 19.5 Å². The van der Waals surface area contributed by atoms with Crippen molar-refractivity contribution in [1.29, 1.82) is 0 Å². The van der Waals surface area contributed by atoms with E-state index in [4.69, 9.17) is 14.6 Å². The standard InChI is InChI=1S/C16H23NO4/c1-20-12-4-9-17(10-11-18)16(19)8-7-14-5-3-6-15(13-14)21-2/h3,5-8,13,18H,4,9-12H2,1-2H3/b8-7+. The molecule has 0 atom stereocenters. The third-order valence-electron chi connectivity index (χ3n) is 2.97. The van der Waals surface area contributed by atoms with E-state index in [9.17, 15) is 4.79 Å². The molecule has 0 spiro atoms. The average molecular weight is 293 g/mol. The zero-order valence-electron chi connectivity index (χ0n) is 12.6. The molecule has 0 aliphatic heterocycles. The quantitative estimate of drug-likeness (QED) is 0.554. The van der Waals surface area contributed by atoms with Crippen LogP contribution in [0.1, 0.15) is 12.0 Å². The van der Waals surface area contributed by atoms with Crippen molar-refractivity contribution in [2.45, 2.75) is 6.42 Å². The molecule has 0 aliphatic rings. The first-order valence-electron chi connectivity index (χ1n) is 6.92. The summed E-state index contributed by atoms with van der Waals surface area (Å²) in [7, 11) is 3.23. The lowest BCUT2D eigenvalue weighted by Crippen LogP contribution is -2.33. The molecule has 0 saturated heterocycles. The van der Waals surface area contributed by atoms with Gasteiger partial charge in [0.25, 0.3) is 0 Å². The second-order valence-corrected chi connectivity index (χ2v) is 4.51. The van der Waals surface area contributed by atoms with E-state index in [1.54, 1.807) is 25.2 Å². The molecule has 1 aromatic carbocycles. The molecule has 116 valence electrons. The van der Waals surface area contributed by atoms with Crippen LogP contribution >= 0.6 is 0 Å². The SMILES string of the molecule is COCCCN(CCO)C(=O)/C=C/c1cccc(OC)c1. The predicted octanol–water partition coefficient (Wildman–Crippen LogP) is 1.57. The van der Waals surface area contributed by atoms with Crippen molar-refractivity contribution >= 4 is 12.0 Å². The molecule has 5 nitrogen and oxygen atoms in total. The highest BCUT2D eigenvalue weighted by molar-refractivity contribution is 5.91. The molecule has 0 fully saturated rings. The molecule has 1 amide bonds. The number of nitrogens with zero attached hydrogens (tertiary/aromatic N) is 1. The largest absolute Gasteiger partial charge is 0.497 e. The fraction of sp³-hybridized carbons (Fsp3) is 0.438. The summed E-state index contributed by atoms with van der Waals surface area (Å²) >= 11 is 0. The van der Waals surface area contributed by atoms with E-state index in [0.717, 1.165) is 17.7 Å². The van der Waals surface area contributed by atoms with E-state index in [2.05, 4.69) is 0 Å². The van der Waals surface area contributed by atoms with Gasteiger partial charge in [-0.25, -0.2) is 0 Å². The summed E-state index contributed by atoms with van der Waals surface area (Å²) in [6.07, 6.45) is 4.00. The van der Waals surface area contributed by atoms with Gasteiger partial charge in [0.2, 0.25) is 5.91 Å². The molecule has 0 aromatic heterocycles. The van der Waals surface area contributed by atoms with Gasteiger partial charge in [-0.2, -0.15) is 0 Å². The van der Waals surface area contributed by atoms with Gasteiger partial charge in [-0.15, -0.1) is 0 Å². The summed E-state index contributed by atoms with van der Waals surface area (Å²) in [4.78, 5) is 13.7. The molecule has 1 N–H and O–H groups in total. The summed E-state index contributed by atoms with van der Waals surface area (Å²) in [6.45, 7) is 1.43. The van der Waals surface area contributed by atoms with Gasteiger partial charge in [-0.1, -0.05) is 12.1 Å². The third kappa shape index (κ3) is 6.42. The normalized spacial score (nSPS) is 10.8. The Hall–Kier alpha value is -1.85. The number of hydrogen-bond acceptors (Lipinski definition) is 4. The molecule has 5 heteroatoms.